The maximum atomic E-state index is 11.6. The quantitative estimate of drug-likeness (QED) is 0.577. The zero-order valence-corrected chi connectivity index (χ0v) is 7.91. The third-order valence-corrected chi connectivity index (χ3v) is 3.58. The molecule has 2 unspecified atom stereocenters. The number of rotatable bonds is 1. The lowest BCUT2D eigenvalue weighted by Gasteiger charge is -2.56. The molecule has 2 aliphatic heterocycles. The molecule has 4 nitrogen and oxygen atoms in total. The normalized spacial score (nSPS) is 36.1. The van der Waals surface area contributed by atoms with Gasteiger partial charge >= 0.3 is 0 Å². The molecule has 3 rings (SSSR count). The summed E-state index contributed by atoms with van der Waals surface area (Å²) in [6.07, 6.45) is 0.723. The number of nitrogens with zero attached hydrogens (tertiary/aromatic N) is 1. The summed E-state index contributed by atoms with van der Waals surface area (Å²) in [5, 5.41) is 0. The van der Waals surface area contributed by atoms with Crippen molar-refractivity contribution >= 4 is 11.8 Å². The Balaban J connectivity index is 2.31. The van der Waals surface area contributed by atoms with Crippen molar-refractivity contribution in [3.63, 3.8) is 0 Å². The maximum Gasteiger partial charge on any atom is 0.233 e. The summed E-state index contributed by atoms with van der Waals surface area (Å²) >= 11 is 0. The average molecular weight is 182 g/mol. The van der Waals surface area contributed by atoms with Gasteiger partial charge in [-0.05, 0) is 11.8 Å². The SMILES string of the molecule is CC1(C)C2CC1C(=O)N(CN)C2=O. The monoisotopic (exact) mass is 182 g/mol. The largest absolute Gasteiger partial charge is 0.313 e. The highest BCUT2D eigenvalue weighted by Gasteiger charge is 2.61. The number of carbonyl (C=O) groups is 2. The summed E-state index contributed by atoms with van der Waals surface area (Å²) < 4.78 is 0. The Morgan fingerprint density at radius 1 is 1.38 bits per heavy atom. The average Bonchev–Trinajstić information content (AvgIpc) is 2.02. The van der Waals surface area contributed by atoms with Crippen molar-refractivity contribution in [1.29, 1.82) is 0 Å². The first-order valence-electron chi connectivity index (χ1n) is 4.55. The summed E-state index contributed by atoms with van der Waals surface area (Å²) in [5.41, 5.74) is 5.20. The predicted molar refractivity (Wildman–Crippen MR) is 46.3 cm³/mol. The van der Waals surface area contributed by atoms with Gasteiger partial charge in [0, 0.05) is 11.8 Å². The molecule has 0 aromatic rings. The van der Waals surface area contributed by atoms with Gasteiger partial charge < -0.3 is 5.73 Å². The van der Waals surface area contributed by atoms with Crippen LogP contribution in [0.1, 0.15) is 20.3 Å². The Morgan fingerprint density at radius 3 is 2.15 bits per heavy atom. The van der Waals surface area contributed by atoms with Crippen LogP contribution in [0, 0.1) is 17.3 Å². The molecule has 2 heterocycles. The lowest BCUT2D eigenvalue weighted by atomic mass is 9.51. The number of fused-ring (bicyclic) bond motifs is 2. The summed E-state index contributed by atoms with van der Waals surface area (Å²) in [6.45, 7) is 3.99. The van der Waals surface area contributed by atoms with Gasteiger partial charge in [-0.15, -0.1) is 0 Å². The zero-order chi connectivity index (χ0) is 9.80. The van der Waals surface area contributed by atoms with E-state index < -0.39 is 0 Å². The first-order chi connectivity index (χ1) is 6.00. The number of nitrogens with two attached hydrogens (primary N) is 1. The van der Waals surface area contributed by atoms with E-state index in [2.05, 4.69) is 0 Å². The fraction of sp³-hybridized carbons (Fsp3) is 0.778. The van der Waals surface area contributed by atoms with Crippen molar-refractivity contribution in [3.8, 4) is 0 Å². The number of carbonyl (C=O) groups excluding carboxylic acids is 2. The van der Waals surface area contributed by atoms with Crippen LogP contribution in [0.2, 0.25) is 0 Å². The van der Waals surface area contributed by atoms with Crippen LogP contribution >= 0.6 is 0 Å². The molecule has 3 aliphatic rings. The van der Waals surface area contributed by atoms with Gasteiger partial charge in [0.15, 0.2) is 0 Å². The van der Waals surface area contributed by atoms with Crippen LogP contribution in [-0.2, 0) is 9.59 Å². The summed E-state index contributed by atoms with van der Waals surface area (Å²) in [6, 6.07) is 0. The lowest BCUT2D eigenvalue weighted by molar-refractivity contribution is -0.182. The molecule has 0 aromatic carbocycles. The molecule has 2 amide bonds. The van der Waals surface area contributed by atoms with E-state index in [9.17, 15) is 9.59 Å². The third-order valence-electron chi connectivity index (χ3n) is 3.58. The van der Waals surface area contributed by atoms with Crippen molar-refractivity contribution in [2.75, 3.05) is 6.67 Å². The van der Waals surface area contributed by atoms with E-state index in [-0.39, 0.29) is 35.7 Å². The smallest absolute Gasteiger partial charge is 0.233 e. The summed E-state index contributed by atoms with van der Waals surface area (Å²) in [7, 11) is 0. The van der Waals surface area contributed by atoms with E-state index in [0.29, 0.717) is 0 Å². The highest BCUT2D eigenvalue weighted by atomic mass is 16.2. The van der Waals surface area contributed by atoms with Gasteiger partial charge in [-0.1, -0.05) is 13.8 Å². The van der Waals surface area contributed by atoms with Gasteiger partial charge in [0.1, 0.15) is 0 Å². The fourth-order valence-electron chi connectivity index (χ4n) is 2.43. The lowest BCUT2D eigenvalue weighted by Crippen LogP contribution is -2.66. The maximum absolute atomic E-state index is 11.6. The van der Waals surface area contributed by atoms with Gasteiger partial charge in [-0.3, -0.25) is 14.5 Å². The minimum absolute atomic E-state index is 0.0127. The molecule has 3 fully saturated rings. The van der Waals surface area contributed by atoms with Crippen molar-refractivity contribution in [3.05, 3.63) is 0 Å². The van der Waals surface area contributed by atoms with Gasteiger partial charge in [-0.2, -0.15) is 0 Å². The van der Waals surface area contributed by atoms with E-state index in [0.717, 1.165) is 6.42 Å². The molecule has 0 radical (unpaired) electrons. The molecule has 2 atom stereocenters. The van der Waals surface area contributed by atoms with Crippen molar-refractivity contribution in [2.45, 2.75) is 20.3 Å². The van der Waals surface area contributed by atoms with Gasteiger partial charge in [0.05, 0.1) is 6.67 Å². The molecule has 1 saturated carbocycles. The molecule has 1 aliphatic carbocycles. The Kier molecular flexibility index (Phi) is 1.55. The van der Waals surface area contributed by atoms with E-state index in [1.807, 2.05) is 13.8 Å². The van der Waals surface area contributed by atoms with Gasteiger partial charge in [0.25, 0.3) is 0 Å². The second-order valence-electron chi connectivity index (χ2n) is 4.45. The molecule has 13 heavy (non-hydrogen) atoms. The van der Waals surface area contributed by atoms with Crippen LogP contribution in [0.3, 0.4) is 0 Å². The number of hydrogen-bond acceptors (Lipinski definition) is 3. The van der Waals surface area contributed by atoms with Crippen LogP contribution in [0.25, 0.3) is 0 Å². The standard InChI is InChI=1S/C9H14N2O2/c1-9(2)5-3-6(9)8(13)11(4-10)7(5)12/h5-6H,3-4,10H2,1-2H3. The Hall–Kier alpha value is -0.900. The summed E-state index contributed by atoms with van der Waals surface area (Å²) in [5.74, 6) is -0.141. The second-order valence-corrected chi connectivity index (χ2v) is 4.45. The highest BCUT2D eigenvalue weighted by Crippen LogP contribution is 2.55. The van der Waals surface area contributed by atoms with Crippen LogP contribution in [-0.4, -0.2) is 23.4 Å². The predicted octanol–water partition coefficient (Wildman–Crippen LogP) is -0.0663. The molecule has 2 saturated heterocycles. The van der Waals surface area contributed by atoms with Gasteiger partial charge in [-0.25, -0.2) is 0 Å². The third kappa shape index (κ3) is 0.839. The number of piperidine rings is 2. The Labute approximate surface area is 77.1 Å². The number of amides is 2. The molecule has 2 N–H and O–H groups in total. The molecule has 72 valence electrons. The molecule has 0 aromatic heterocycles. The van der Waals surface area contributed by atoms with E-state index >= 15 is 0 Å². The fourth-order valence-corrected chi connectivity index (χ4v) is 2.43. The van der Waals surface area contributed by atoms with Gasteiger partial charge in [0.2, 0.25) is 11.8 Å². The first kappa shape index (κ1) is 8.69. The van der Waals surface area contributed by atoms with Crippen LogP contribution in [0.15, 0.2) is 0 Å². The highest BCUT2D eigenvalue weighted by molar-refractivity contribution is 6.03. The molecular weight excluding hydrogens is 168 g/mol. The molecule has 0 spiro atoms. The van der Waals surface area contributed by atoms with E-state index in [1.165, 1.54) is 4.90 Å². The number of hydrogen-bond donors (Lipinski definition) is 1. The van der Waals surface area contributed by atoms with Crippen LogP contribution in [0.5, 0.6) is 0 Å². The van der Waals surface area contributed by atoms with Crippen LogP contribution < -0.4 is 5.73 Å². The number of imide groups is 1. The minimum atomic E-state index is -0.139. The molecular formula is C9H14N2O2. The van der Waals surface area contributed by atoms with Crippen molar-refractivity contribution in [2.24, 2.45) is 23.0 Å². The Morgan fingerprint density at radius 2 is 1.85 bits per heavy atom. The van der Waals surface area contributed by atoms with Crippen molar-refractivity contribution < 1.29 is 9.59 Å². The second kappa shape index (κ2) is 2.32. The molecule has 4 heteroatoms. The first-order valence-corrected chi connectivity index (χ1v) is 4.55. The molecule has 2 bridgehead atoms. The minimum Gasteiger partial charge on any atom is -0.313 e. The Bertz CT molecular complexity index is 261. The van der Waals surface area contributed by atoms with E-state index in [4.69, 9.17) is 5.73 Å². The summed E-state index contributed by atoms with van der Waals surface area (Å²) in [4.78, 5) is 24.5. The van der Waals surface area contributed by atoms with Crippen molar-refractivity contribution in [1.82, 2.24) is 4.90 Å². The topological polar surface area (TPSA) is 63.4 Å². The zero-order valence-electron chi connectivity index (χ0n) is 7.91. The van der Waals surface area contributed by atoms with Crippen LogP contribution in [0.4, 0.5) is 0 Å². The van der Waals surface area contributed by atoms with E-state index in [1.54, 1.807) is 0 Å².